The van der Waals surface area contributed by atoms with Crippen molar-refractivity contribution in [2.24, 2.45) is 0 Å². The van der Waals surface area contributed by atoms with E-state index < -0.39 is 0 Å². The van der Waals surface area contributed by atoms with Crippen molar-refractivity contribution >= 4 is 22.5 Å². The number of benzene rings is 1. The van der Waals surface area contributed by atoms with Crippen LogP contribution in [0.2, 0.25) is 0 Å². The van der Waals surface area contributed by atoms with Crippen molar-refractivity contribution < 1.29 is 28.6 Å². The van der Waals surface area contributed by atoms with Crippen molar-refractivity contribution in [1.29, 1.82) is 0 Å². The number of hydrogen-bond acceptors (Lipinski definition) is 2. The van der Waals surface area contributed by atoms with Gasteiger partial charge in [0.2, 0.25) is 5.04 Å². The quantitative estimate of drug-likeness (QED) is 0.494. The standard InChI is InChI=1S/C12H17N2S.HI/c1-13(2)11-6-4-10(5-7-11)12-14(3)8-9-15-12;/h4-7H,8-9H2,1-3H3;1H/q+1;/p-1. The van der Waals surface area contributed by atoms with E-state index in [1.165, 1.54) is 22.0 Å². The predicted octanol–water partition coefficient (Wildman–Crippen LogP) is -1.11. The first kappa shape index (κ1) is 13.8. The van der Waals surface area contributed by atoms with Crippen LogP contribution in [0, 0.1) is 0 Å². The number of hydrogen-bond donors (Lipinski definition) is 0. The Hall–Kier alpha value is -0.230. The Morgan fingerprint density at radius 1 is 1.19 bits per heavy atom. The van der Waals surface area contributed by atoms with Gasteiger partial charge in [-0.1, -0.05) is 11.8 Å². The fourth-order valence-electron chi connectivity index (χ4n) is 1.70. The Kier molecular flexibility index (Phi) is 5.11. The molecule has 88 valence electrons. The van der Waals surface area contributed by atoms with Crippen molar-refractivity contribution in [3.8, 4) is 0 Å². The minimum absolute atomic E-state index is 0. The third-order valence-corrected chi connectivity index (χ3v) is 3.85. The third-order valence-electron chi connectivity index (χ3n) is 2.64. The van der Waals surface area contributed by atoms with E-state index in [9.17, 15) is 0 Å². The number of anilines is 1. The van der Waals surface area contributed by atoms with E-state index in [-0.39, 0.29) is 24.0 Å². The lowest BCUT2D eigenvalue weighted by Gasteiger charge is -2.11. The maximum atomic E-state index is 2.33. The van der Waals surface area contributed by atoms with Crippen molar-refractivity contribution in [3.63, 3.8) is 0 Å². The molecule has 1 aliphatic heterocycles. The van der Waals surface area contributed by atoms with Gasteiger partial charge in [-0.25, -0.2) is 4.58 Å². The molecule has 1 aliphatic rings. The molecule has 0 amide bonds. The Balaban J connectivity index is 0.00000128. The number of halogens is 1. The van der Waals surface area contributed by atoms with Gasteiger partial charge in [0, 0.05) is 19.8 Å². The Morgan fingerprint density at radius 3 is 2.25 bits per heavy atom. The summed E-state index contributed by atoms with van der Waals surface area (Å²) >= 11 is 1.95. The molecule has 1 heterocycles. The van der Waals surface area contributed by atoms with Gasteiger partial charge < -0.3 is 28.9 Å². The summed E-state index contributed by atoms with van der Waals surface area (Å²) < 4.78 is 2.33. The van der Waals surface area contributed by atoms with Gasteiger partial charge in [-0.3, -0.25) is 0 Å². The van der Waals surface area contributed by atoms with Gasteiger partial charge in [-0.15, -0.1) is 0 Å². The smallest absolute Gasteiger partial charge is 0.242 e. The molecular formula is C12H17IN2S. The van der Waals surface area contributed by atoms with Crippen LogP contribution in [0.25, 0.3) is 0 Å². The highest BCUT2D eigenvalue weighted by Gasteiger charge is 2.21. The van der Waals surface area contributed by atoms with Crippen LogP contribution in [-0.4, -0.2) is 43.1 Å². The molecule has 0 unspecified atom stereocenters. The number of nitrogens with zero attached hydrogens (tertiary/aromatic N) is 2. The van der Waals surface area contributed by atoms with Crippen LogP contribution in [0.5, 0.6) is 0 Å². The lowest BCUT2D eigenvalue weighted by atomic mass is 10.2. The fourth-order valence-corrected chi connectivity index (χ4v) is 2.87. The molecule has 2 nitrogen and oxygen atoms in total. The first-order valence-electron chi connectivity index (χ1n) is 5.17. The van der Waals surface area contributed by atoms with Crippen LogP contribution in [0.4, 0.5) is 5.69 Å². The molecule has 1 aromatic carbocycles. The first-order chi connectivity index (χ1) is 7.18. The highest BCUT2D eigenvalue weighted by Crippen LogP contribution is 2.20. The van der Waals surface area contributed by atoms with Crippen molar-refractivity contribution in [2.75, 3.05) is 38.3 Å². The summed E-state index contributed by atoms with van der Waals surface area (Å²) in [5.74, 6) is 1.21. The zero-order valence-electron chi connectivity index (χ0n) is 9.90. The number of thioether (sulfide) groups is 1. The average Bonchev–Trinajstić information content (AvgIpc) is 2.65. The first-order valence-corrected chi connectivity index (χ1v) is 6.15. The van der Waals surface area contributed by atoms with E-state index >= 15 is 0 Å². The van der Waals surface area contributed by atoms with Gasteiger partial charge in [0.25, 0.3) is 0 Å². The molecule has 0 N–H and O–H groups in total. The zero-order chi connectivity index (χ0) is 10.8. The number of rotatable bonds is 2. The molecule has 0 spiro atoms. The van der Waals surface area contributed by atoms with Crippen molar-refractivity contribution in [1.82, 2.24) is 0 Å². The predicted molar refractivity (Wildman–Crippen MR) is 68.4 cm³/mol. The normalized spacial score (nSPS) is 14.9. The van der Waals surface area contributed by atoms with Crippen molar-refractivity contribution in [2.45, 2.75) is 0 Å². The van der Waals surface area contributed by atoms with Gasteiger partial charge in [0.05, 0.1) is 11.3 Å². The second kappa shape index (κ2) is 5.91. The molecule has 0 saturated carbocycles. The highest BCUT2D eigenvalue weighted by atomic mass is 127. The maximum absolute atomic E-state index is 2.33. The fraction of sp³-hybridized carbons (Fsp3) is 0.417. The Bertz CT molecular complexity index is 385. The van der Waals surface area contributed by atoms with Crippen LogP contribution in [0.15, 0.2) is 24.3 Å². The molecule has 0 radical (unpaired) electrons. The minimum Gasteiger partial charge on any atom is -1.00 e. The van der Waals surface area contributed by atoms with Crippen LogP contribution in [0.3, 0.4) is 0 Å². The molecule has 1 aromatic rings. The topological polar surface area (TPSA) is 6.25 Å². The molecule has 4 heteroatoms. The van der Waals surface area contributed by atoms with E-state index in [1.807, 2.05) is 11.8 Å². The van der Waals surface area contributed by atoms with E-state index in [2.05, 4.69) is 54.9 Å². The average molecular weight is 348 g/mol. The van der Waals surface area contributed by atoms with E-state index in [1.54, 1.807) is 0 Å². The lowest BCUT2D eigenvalue weighted by molar-refractivity contribution is -0.485. The molecular weight excluding hydrogens is 331 g/mol. The second-order valence-electron chi connectivity index (χ2n) is 4.02. The molecule has 0 aliphatic carbocycles. The van der Waals surface area contributed by atoms with Gasteiger partial charge in [0.1, 0.15) is 7.05 Å². The molecule has 0 atom stereocenters. The van der Waals surface area contributed by atoms with Crippen LogP contribution < -0.4 is 28.9 Å². The summed E-state index contributed by atoms with van der Waals surface area (Å²) in [5.41, 5.74) is 2.59. The largest absolute Gasteiger partial charge is 1.00 e. The van der Waals surface area contributed by atoms with Gasteiger partial charge >= 0.3 is 0 Å². The molecule has 0 fully saturated rings. The zero-order valence-corrected chi connectivity index (χ0v) is 12.9. The van der Waals surface area contributed by atoms with Crippen LogP contribution in [-0.2, 0) is 0 Å². The Morgan fingerprint density at radius 2 is 1.81 bits per heavy atom. The lowest BCUT2D eigenvalue weighted by Crippen LogP contribution is -3.00. The van der Waals surface area contributed by atoms with Gasteiger partial charge in [-0.2, -0.15) is 0 Å². The van der Waals surface area contributed by atoms with E-state index in [0.717, 1.165) is 6.54 Å². The molecule has 16 heavy (non-hydrogen) atoms. The van der Waals surface area contributed by atoms with Gasteiger partial charge in [0.15, 0.2) is 6.54 Å². The summed E-state index contributed by atoms with van der Waals surface area (Å²) in [5, 5.41) is 1.40. The molecule has 0 aromatic heterocycles. The molecule has 2 rings (SSSR count). The minimum atomic E-state index is 0. The monoisotopic (exact) mass is 348 g/mol. The maximum Gasteiger partial charge on any atom is 0.242 e. The molecule has 0 bridgehead atoms. The van der Waals surface area contributed by atoms with Crippen LogP contribution in [0.1, 0.15) is 5.56 Å². The summed E-state index contributed by atoms with van der Waals surface area (Å²) in [6.45, 7) is 1.16. The SMILES string of the molecule is CN(C)c1ccc(C2=[N+](C)CCS2)cc1.[I-]. The summed E-state index contributed by atoms with van der Waals surface area (Å²) in [7, 11) is 6.30. The van der Waals surface area contributed by atoms with Gasteiger partial charge in [-0.05, 0) is 24.3 Å². The summed E-state index contributed by atoms with van der Waals surface area (Å²) in [4.78, 5) is 2.12. The molecule has 0 saturated heterocycles. The summed E-state index contributed by atoms with van der Waals surface area (Å²) in [6, 6.07) is 8.77. The summed E-state index contributed by atoms with van der Waals surface area (Å²) in [6.07, 6.45) is 0. The second-order valence-corrected chi connectivity index (χ2v) is 5.10. The van der Waals surface area contributed by atoms with E-state index in [4.69, 9.17) is 0 Å². The Labute approximate surface area is 119 Å². The van der Waals surface area contributed by atoms with Crippen LogP contribution >= 0.6 is 11.8 Å². The third kappa shape index (κ3) is 2.91. The highest BCUT2D eigenvalue weighted by molar-refractivity contribution is 8.14. The van der Waals surface area contributed by atoms with E-state index in [0.29, 0.717) is 0 Å². The van der Waals surface area contributed by atoms with Crippen molar-refractivity contribution in [3.05, 3.63) is 29.8 Å².